The van der Waals surface area contributed by atoms with Gasteiger partial charge in [-0.05, 0) is 55.0 Å². The molecule has 0 aliphatic rings. The van der Waals surface area contributed by atoms with E-state index in [0.717, 1.165) is 12.0 Å². The van der Waals surface area contributed by atoms with Gasteiger partial charge in [0.25, 0.3) is 0 Å². The lowest BCUT2D eigenvalue weighted by atomic mass is 9.87. The van der Waals surface area contributed by atoms with Crippen LogP contribution in [-0.4, -0.2) is 5.11 Å². The van der Waals surface area contributed by atoms with Crippen molar-refractivity contribution in [3.05, 3.63) is 70.3 Å². The summed E-state index contributed by atoms with van der Waals surface area (Å²) >= 11 is 0. The SMILES string of the molecule is CCc1ccc(CC(C)(O)c2ccc(C)c(C)c2)cc1. The van der Waals surface area contributed by atoms with Gasteiger partial charge in [-0.15, -0.1) is 0 Å². The van der Waals surface area contributed by atoms with Crippen molar-refractivity contribution in [1.82, 2.24) is 0 Å². The second kappa shape index (κ2) is 5.80. The van der Waals surface area contributed by atoms with Crippen LogP contribution in [0.5, 0.6) is 0 Å². The fourth-order valence-corrected chi connectivity index (χ4v) is 2.47. The summed E-state index contributed by atoms with van der Waals surface area (Å²) in [6.07, 6.45) is 1.69. The Morgan fingerprint density at radius 3 is 2.05 bits per heavy atom. The fraction of sp³-hybridized carbons (Fsp3) is 0.368. The molecule has 1 atom stereocenters. The van der Waals surface area contributed by atoms with Crippen LogP contribution in [0.3, 0.4) is 0 Å². The van der Waals surface area contributed by atoms with E-state index in [1.165, 1.54) is 22.3 Å². The van der Waals surface area contributed by atoms with E-state index in [2.05, 4.69) is 57.2 Å². The maximum Gasteiger partial charge on any atom is 0.0908 e. The summed E-state index contributed by atoms with van der Waals surface area (Å²) in [6.45, 7) is 8.23. The van der Waals surface area contributed by atoms with E-state index in [9.17, 15) is 5.11 Å². The molecule has 2 rings (SSSR count). The second-order valence-electron chi connectivity index (χ2n) is 5.92. The molecule has 0 bridgehead atoms. The minimum atomic E-state index is -0.827. The van der Waals surface area contributed by atoms with Crippen LogP contribution in [-0.2, 0) is 18.4 Å². The van der Waals surface area contributed by atoms with Crippen LogP contribution < -0.4 is 0 Å². The molecule has 0 spiro atoms. The predicted octanol–water partition coefficient (Wildman–Crippen LogP) is 4.32. The van der Waals surface area contributed by atoms with E-state index in [-0.39, 0.29) is 0 Å². The summed E-state index contributed by atoms with van der Waals surface area (Å²) in [5.74, 6) is 0. The predicted molar refractivity (Wildman–Crippen MR) is 85.0 cm³/mol. The normalized spacial score (nSPS) is 14.1. The zero-order chi connectivity index (χ0) is 14.8. The third-order valence-electron chi connectivity index (χ3n) is 4.11. The average Bonchev–Trinajstić information content (AvgIpc) is 2.42. The average molecular weight is 268 g/mol. The highest BCUT2D eigenvalue weighted by Gasteiger charge is 2.23. The number of rotatable bonds is 4. The van der Waals surface area contributed by atoms with Gasteiger partial charge in [0.2, 0.25) is 0 Å². The Hall–Kier alpha value is -1.60. The minimum absolute atomic E-state index is 0.638. The van der Waals surface area contributed by atoms with E-state index in [4.69, 9.17) is 0 Å². The van der Waals surface area contributed by atoms with Crippen LogP contribution in [0, 0.1) is 13.8 Å². The largest absolute Gasteiger partial charge is 0.385 e. The van der Waals surface area contributed by atoms with Gasteiger partial charge in [0.1, 0.15) is 0 Å². The molecule has 2 aromatic rings. The maximum atomic E-state index is 10.8. The first-order valence-corrected chi connectivity index (χ1v) is 7.30. The molecule has 0 amide bonds. The quantitative estimate of drug-likeness (QED) is 0.875. The molecular weight excluding hydrogens is 244 g/mol. The van der Waals surface area contributed by atoms with Crippen molar-refractivity contribution in [2.75, 3.05) is 0 Å². The van der Waals surface area contributed by atoms with Crippen LogP contribution in [0.4, 0.5) is 0 Å². The van der Waals surface area contributed by atoms with Crippen molar-refractivity contribution in [2.24, 2.45) is 0 Å². The highest BCUT2D eigenvalue weighted by atomic mass is 16.3. The van der Waals surface area contributed by atoms with Crippen molar-refractivity contribution in [3.63, 3.8) is 0 Å². The fourth-order valence-electron chi connectivity index (χ4n) is 2.47. The van der Waals surface area contributed by atoms with Crippen LogP contribution in [0.15, 0.2) is 42.5 Å². The molecule has 106 valence electrons. The van der Waals surface area contributed by atoms with Gasteiger partial charge in [0.15, 0.2) is 0 Å². The Kier molecular flexibility index (Phi) is 4.29. The lowest BCUT2D eigenvalue weighted by Gasteiger charge is -2.25. The zero-order valence-electron chi connectivity index (χ0n) is 12.9. The van der Waals surface area contributed by atoms with Gasteiger partial charge in [-0.1, -0.05) is 49.4 Å². The number of aliphatic hydroxyl groups is 1. The molecule has 0 aliphatic carbocycles. The van der Waals surface area contributed by atoms with Crippen molar-refractivity contribution in [1.29, 1.82) is 0 Å². The van der Waals surface area contributed by atoms with E-state index in [0.29, 0.717) is 6.42 Å². The van der Waals surface area contributed by atoms with Gasteiger partial charge in [-0.2, -0.15) is 0 Å². The molecular formula is C19H24O. The Bertz CT molecular complexity index is 579. The summed E-state index contributed by atoms with van der Waals surface area (Å²) < 4.78 is 0. The van der Waals surface area contributed by atoms with Crippen molar-refractivity contribution in [2.45, 2.75) is 46.1 Å². The molecule has 1 heteroatoms. The summed E-state index contributed by atoms with van der Waals surface area (Å²) in [7, 11) is 0. The van der Waals surface area contributed by atoms with E-state index in [1.807, 2.05) is 13.0 Å². The van der Waals surface area contributed by atoms with Crippen molar-refractivity contribution in [3.8, 4) is 0 Å². The number of hydrogen-bond acceptors (Lipinski definition) is 1. The van der Waals surface area contributed by atoms with Gasteiger partial charge < -0.3 is 5.11 Å². The van der Waals surface area contributed by atoms with E-state index in [1.54, 1.807) is 0 Å². The Morgan fingerprint density at radius 1 is 0.900 bits per heavy atom. The van der Waals surface area contributed by atoms with Gasteiger partial charge in [-0.3, -0.25) is 0 Å². The topological polar surface area (TPSA) is 20.2 Å². The van der Waals surface area contributed by atoms with Crippen molar-refractivity contribution >= 4 is 0 Å². The lowest BCUT2D eigenvalue weighted by Crippen LogP contribution is -2.24. The summed E-state index contributed by atoms with van der Waals surface area (Å²) in [6, 6.07) is 14.7. The molecule has 0 fully saturated rings. The monoisotopic (exact) mass is 268 g/mol. The Morgan fingerprint density at radius 2 is 1.50 bits per heavy atom. The molecule has 1 unspecified atom stereocenters. The van der Waals surface area contributed by atoms with Crippen LogP contribution in [0.2, 0.25) is 0 Å². The third-order valence-corrected chi connectivity index (χ3v) is 4.11. The molecule has 0 radical (unpaired) electrons. The number of aryl methyl sites for hydroxylation is 3. The number of hydrogen-bond donors (Lipinski definition) is 1. The molecule has 0 heterocycles. The van der Waals surface area contributed by atoms with Gasteiger partial charge >= 0.3 is 0 Å². The van der Waals surface area contributed by atoms with Gasteiger partial charge in [0, 0.05) is 6.42 Å². The van der Waals surface area contributed by atoms with Gasteiger partial charge in [-0.25, -0.2) is 0 Å². The van der Waals surface area contributed by atoms with Crippen LogP contribution in [0.1, 0.15) is 41.7 Å². The zero-order valence-corrected chi connectivity index (χ0v) is 12.9. The first-order valence-electron chi connectivity index (χ1n) is 7.30. The van der Waals surface area contributed by atoms with Crippen LogP contribution in [0.25, 0.3) is 0 Å². The standard InChI is InChI=1S/C19H24O/c1-5-16-7-9-17(10-8-16)13-19(4,20)18-11-6-14(2)15(3)12-18/h6-12,20H,5,13H2,1-4H3. The summed E-state index contributed by atoms with van der Waals surface area (Å²) in [4.78, 5) is 0. The molecule has 2 aromatic carbocycles. The number of benzene rings is 2. The van der Waals surface area contributed by atoms with E-state index >= 15 is 0 Å². The molecule has 1 nitrogen and oxygen atoms in total. The highest BCUT2D eigenvalue weighted by Crippen LogP contribution is 2.27. The molecule has 20 heavy (non-hydrogen) atoms. The first kappa shape index (κ1) is 14.8. The Balaban J connectivity index is 2.22. The second-order valence-corrected chi connectivity index (χ2v) is 5.92. The van der Waals surface area contributed by atoms with Crippen molar-refractivity contribution < 1.29 is 5.11 Å². The Labute approximate surface area is 122 Å². The van der Waals surface area contributed by atoms with Crippen LogP contribution >= 0.6 is 0 Å². The smallest absolute Gasteiger partial charge is 0.0908 e. The molecule has 0 aliphatic heterocycles. The van der Waals surface area contributed by atoms with Gasteiger partial charge in [0.05, 0.1) is 5.60 Å². The minimum Gasteiger partial charge on any atom is -0.385 e. The maximum absolute atomic E-state index is 10.8. The molecule has 0 aromatic heterocycles. The summed E-state index contributed by atoms with van der Waals surface area (Å²) in [5.41, 5.74) is 5.15. The summed E-state index contributed by atoms with van der Waals surface area (Å²) in [5, 5.41) is 10.8. The molecule has 0 saturated carbocycles. The molecule has 1 N–H and O–H groups in total. The highest BCUT2D eigenvalue weighted by molar-refractivity contribution is 5.34. The lowest BCUT2D eigenvalue weighted by molar-refractivity contribution is 0.0575. The molecule has 0 saturated heterocycles. The third kappa shape index (κ3) is 3.29. The van der Waals surface area contributed by atoms with E-state index < -0.39 is 5.60 Å². The first-order chi connectivity index (χ1) is 9.42.